The van der Waals surface area contributed by atoms with Gasteiger partial charge in [-0.15, -0.1) is 10.2 Å². The number of aliphatic hydroxyl groups excluding tert-OH is 1. The normalized spacial score (nSPS) is 10.7. The fraction of sp³-hybridized carbons (Fsp3) is 0.400. The maximum atomic E-state index is 12.9. The van der Waals surface area contributed by atoms with Crippen LogP contribution < -0.4 is 5.32 Å². The first-order valence-corrected chi connectivity index (χ1v) is 7.27. The first kappa shape index (κ1) is 16.1. The summed E-state index contributed by atoms with van der Waals surface area (Å²) in [5.74, 6) is -0.735. The first-order valence-electron chi connectivity index (χ1n) is 7.27. The zero-order valence-corrected chi connectivity index (χ0v) is 12.4. The van der Waals surface area contributed by atoms with Gasteiger partial charge in [0.05, 0.1) is 12.3 Å². The molecule has 0 aliphatic carbocycles. The molecule has 0 atom stereocenters. The number of carbonyl (C=O) groups excluding carboxylic acids is 1. The summed E-state index contributed by atoms with van der Waals surface area (Å²) >= 11 is 0. The van der Waals surface area contributed by atoms with Crippen LogP contribution in [0, 0.1) is 5.82 Å². The number of carbonyl (C=O) groups is 1. The maximum absolute atomic E-state index is 12.9. The molecule has 0 saturated carbocycles. The van der Waals surface area contributed by atoms with E-state index < -0.39 is 0 Å². The number of aliphatic hydroxyl groups is 1. The molecule has 0 saturated heterocycles. The summed E-state index contributed by atoms with van der Waals surface area (Å²) in [6.45, 7) is 2.25. The average Bonchev–Trinajstić information content (AvgIpc) is 2.96. The molecule has 22 heavy (non-hydrogen) atoms. The summed E-state index contributed by atoms with van der Waals surface area (Å²) < 4.78 is 12.9. The average molecular weight is 306 g/mol. The van der Waals surface area contributed by atoms with E-state index in [9.17, 15) is 14.3 Å². The number of halogens is 1. The molecule has 2 rings (SSSR count). The Hall–Kier alpha value is -2.28. The second-order valence-corrected chi connectivity index (χ2v) is 4.88. The van der Waals surface area contributed by atoms with E-state index in [2.05, 4.69) is 22.4 Å². The number of hydrogen-bond donors (Lipinski definition) is 2. The lowest BCUT2D eigenvalue weighted by Gasteiger charge is -2.02. The summed E-state index contributed by atoms with van der Waals surface area (Å²) in [5.41, 5.74) is 0.793. The van der Waals surface area contributed by atoms with Crippen LogP contribution in [0.5, 0.6) is 0 Å². The third kappa shape index (κ3) is 3.88. The van der Waals surface area contributed by atoms with Gasteiger partial charge in [-0.1, -0.05) is 19.8 Å². The van der Waals surface area contributed by atoms with Crippen LogP contribution in [0.1, 0.15) is 42.4 Å². The monoisotopic (exact) mass is 306 g/mol. The predicted molar refractivity (Wildman–Crippen MR) is 79.1 cm³/mol. The predicted octanol–water partition coefficient (Wildman–Crippen LogP) is 1.82. The molecule has 0 unspecified atom stereocenters. The Kier molecular flexibility index (Phi) is 5.60. The van der Waals surface area contributed by atoms with Gasteiger partial charge in [-0.25, -0.2) is 4.39 Å². The Labute approximate surface area is 128 Å². The molecule has 6 nitrogen and oxygen atoms in total. The van der Waals surface area contributed by atoms with Crippen molar-refractivity contribution in [3.63, 3.8) is 0 Å². The number of nitrogens with zero attached hydrogens (tertiary/aromatic N) is 3. The van der Waals surface area contributed by atoms with Crippen molar-refractivity contribution in [1.82, 2.24) is 20.3 Å². The highest BCUT2D eigenvalue weighted by atomic mass is 19.1. The van der Waals surface area contributed by atoms with E-state index in [4.69, 9.17) is 0 Å². The van der Waals surface area contributed by atoms with E-state index >= 15 is 0 Å². The Morgan fingerprint density at radius 3 is 2.64 bits per heavy atom. The molecule has 0 aliphatic rings. The van der Waals surface area contributed by atoms with E-state index in [1.165, 1.54) is 29.1 Å². The van der Waals surface area contributed by atoms with E-state index in [0.29, 0.717) is 12.2 Å². The molecule has 2 aromatic rings. The van der Waals surface area contributed by atoms with Crippen LogP contribution in [0.2, 0.25) is 0 Å². The summed E-state index contributed by atoms with van der Waals surface area (Å²) in [6.07, 6.45) is 3.00. The zero-order valence-electron chi connectivity index (χ0n) is 12.4. The smallest absolute Gasteiger partial charge is 0.273 e. The molecular formula is C15H19FN4O2. The highest BCUT2D eigenvalue weighted by Gasteiger charge is 2.18. The van der Waals surface area contributed by atoms with Crippen LogP contribution in [-0.4, -0.2) is 32.6 Å². The second-order valence-electron chi connectivity index (χ2n) is 4.88. The SMILES string of the molecule is CCCCCNC(=O)c1nn(-c2ccc(F)cc2)nc1CO. The molecule has 0 spiro atoms. The number of benzene rings is 1. The van der Waals surface area contributed by atoms with Crippen molar-refractivity contribution in [2.75, 3.05) is 6.54 Å². The number of hydrogen-bond acceptors (Lipinski definition) is 4. The van der Waals surface area contributed by atoms with Gasteiger partial charge in [-0.2, -0.15) is 4.80 Å². The molecule has 1 heterocycles. The number of aromatic nitrogens is 3. The second kappa shape index (κ2) is 7.65. The molecule has 0 bridgehead atoms. The highest BCUT2D eigenvalue weighted by molar-refractivity contribution is 5.93. The largest absolute Gasteiger partial charge is 0.390 e. The minimum atomic E-state index is -0.390. The molecule has 0 aliphatic heterocycles. The summed E-state index contributed by atoms with van der Waals surface area (Å²) in [5, 5.41) is 20.2. The molecule has 118 valence electrons. The van der Waals surface area contributed by atoms with E-state index in [-0.39, 0.29) is 29.7 Å². The van der Waals surface area contributed by atoms with Gasteiger partial charge < -0.3 is 10.4 Å². The van der Waals surface area contributed by atoms with Crippen LogP contribution in [0.3, 0.4) is 0 Å². The number of unbranched alkanes of at least 4 members (excludes halogenated alkanes) is 2. The zero-order chi connectivity index (χ0) is 15.9. The lowest BCUT2D eigenvalue weighted by Crippen LogP contribution is -2.26. The van der Waals surface area contributed by atoms with Crippen LogP contribution in [0.4, 0.5) is 4.39 Å². The molecular weight excluding hydrogens is 287 g/mol. The van der Waals surface area contributed by atoms with Crippen molar-refractivity contribution in [3.05, 3.63) is 41.5 Å². The van der Waals surface area contributed by atoms with Crippen LogP contribution in [-0.2, 0) is 6.61 Å². The van der Waals surface area contributed by atoms with Crippen LogP contribution in [0.15, 0.2) is 24.3 Å². The number of rotatable bonds is 7. The topological polar surface area (TPSA) is 80.0 Å². The van der Waals surface area contributed by atoms with E-state index in [0.717, 1.165) is 19.3 Å². The van der Waals surface area contributed by atoms with Crippen molar-refractivity contribution in [1.29, 1.82) is 0 Å². The Bertz CT molecular complexity index is 625. The summed E-state index contributed by atoms with van der Waals surface area (Å²) in [4.78, 5) is 13.3. The van der Waals surface area contributed by atoms with Crippen LogP contribution >= 0.6 is 0 Å². The fourth-order valence-corrected chi connectivity index (χ4v) is 1.97. The minimum Gasteiger partial charge on any atom is -0.390 e. The summed E-state index contributed by atoms with van der Waals surface area (Å²) in [6, 6.07) is 5.56. The van der Waals surface area contributed by atoms with Gasteiger partial charge in [0.2, 0.25) is 0 Å². The summed E-state index contributed by atoms with van der Waals surface area (Å²) in [7, 11) is 0. The molecule has 7 heteroatoms. The fourth-order valence-electron chi connectivity index (χ4n) is 1.97. The Balaban J connectivity index is 2.14. The van der Waals surface area contributed by atoms with Gasteiger partial charge in [0.25, 0.3) is 5.91 Å². The molecule has 1 aromatic heterocycles. The van der Waals surface area contributed by atoms with E-state index in [1.807, 2.05) is 0 Å². The number of amides is 1. The minimum absolute atomic E-state index is 0.0864. The van der Waals surface area contributed by atoms with Gasteiger partial charge in [-0.05, 0) is 30.7 Å². The quantitative estimate of drug-likeness (QED) is 0.765. The molecule has 0 fully saturated rings. The molecule has 2 N–H and O–H groups in total. The first-order chi connectivity index (χ1) is 10.7. The van der Waals surface area contributed by atoms with Crippen molar-refractivity contribution < 1.29 is 14.3 Å². The van der Waals surface area contributed by atoms with Crippen molar-refractivity contribution >= 4 is 5.91 Å². The van der Waals surface area contributed by atoms with Gasteiger partial charge in [0.1, 0.15) is 11.5 Å². The third-order valence-electron chi connectivity index (χ3n) is 3.17. The van der Waals surface area contributed by atoms with Gasteiger partial charge in [-0.3, -0.25) is 4.79 Å². The third-order valence-corrected chi connectivity index (χ3v) is 3.17. The van der Waals surface area contributed by atoms with Gasteiger partial charge >= 0.3 is 0 Å². The van der Waals surface area contributed by atoms with Gasteiger partial charge in [0.15, 0.2) is 5.69 Å². The lowest BCUT2D eigenvalue weighted by atomic mass is 10.2. The standard InChI is InChI=1S/C15H19FN4O2/c1-2-3-4-9-17-15(22)14-13(10-21)18-20(19-14)12-7-5-11(16)6-8-12/h5-8,21H,2-4,9-10H2,1H3,(H,17,22). The molecule has 1 amide bonds. The van der Waals surface area contributed by atoms with Crippen molar-refractivity contribution in [2.24, 2.45) is 0 Å². The molecule has 1 aromatic carbocycles. The number of nitrogens with one attached hydrogen (secondary N) is 1. The van der Waals surface area contributed by atoms with Crippen LogP contribution in [0.25, 0.3) is 5.69 Å². The lowest BCUT2D eigenvalue weighted by molar-refractivity contribution is 0.0944. The highest BCUT2D eigenvalue weighted by Crippen LogP contribution is 2.10. The van der Waals surface area contributed by atoms with Gasteiger partial charge in [0, 0.05) is 6.54 Å². The Morgan fingerprint density at radius 2 is 2.00 bits per heavy atom. The molecule has 0 radical (unpaired) electrons. The van der Waals surface area contributed by atoms with E-state index in [1.54, 1.807) is 0 Å². The Morgan fingerprint density at radius 1 is 1.27 bits per heavy atom. The van der Waals surface area contributed by atoms with Crippen molar-refractivity contribution in [2.45, 2.75) is 32.8 Å². The maximum Gasteiger partial charge on any atom is 0.273 e. The van der Waals surface area contributed by atoms with Crippen molar-refractivity contribution in [3.8, 4) is 5.69 Å².